The van der Waals surface area contributed by atoms with Crippen LogP contribution in [0, 0.1) is 0 Å². The molecule has 3 rings (SSSR count). The zero-order chi connectivity index (χ0) is 20.8. The van der Waals surface area contributed by atoms with Crippen LogP contribution in [0.2, 0.25) is 0 Å². The maximum Gasteiger partial charge on any atom is 1.00 e. The second-order valence-corrected chi connectivity index (χ2v) is 5.98. The molecule has 0 saturated carbocycles. The van der Waals surface area contributed by atoms with Gasteiger partial charge in [-0.05, 0) is 18.6 Å². The third kappa shape index (κ3) is 4.90. The van der Waals surface area contributed by atoms with Crippen LogP contribution in [0.5, 0.6) is 0 Å². The van der Waals surface area contributed by atoms with E-state index in [2.05, 4.69) is 4.98 Å². The number of nitrogens with zero attached hydrogens (tertiary/aromatic N) is 1. The molecule has 7 nitrogen and oxygen atoms in total. The molecule has 0 saturated heterocycles. The van der Waals surface area contributed by atoms with Crippen molar-refractivity contribution in [3.8, 4) is 0 Å². The number of carbonyl (C=O) groups excluding carboxylic acids is 2. The van der Waals surface area contributed by atoms with Crippen molar-refractivity contribution in [3.63, 3.8) is 0 Å². The number of carboxylic acids is 2. The first-order valence-electron chi connectivity index (χ1n) is 7.99. The summed E-state index contributed by atoms with van der Waals surface area (Å²) in [6, 6.07) is 1.80. The molecule has 0 atom stereocenters. The fraction of sp³-hybridized carbons (Fsp3) is 0.222. The van der Waals surface area contributed by atoms with Crippen molar-refractivity contribution >= 4 is 33.8 Å². The van der Waals surface area contributed by atoms with Gasteiger partial charge in [0.2, 0.25) is 0 Å². The van der Waals surface area contributed by atoms with E-state index in [-0.39, 0.29) is 87.6 Å². The van der Waals surface area contributed by atoms with E-state index in [0.29, 0.717) is 18.6 Å². The first kappa shape index (κ1) is 26.6. The van der Waals surface area contributed by atoms with Gasteiger partial charge in [0.1, 0.15) is 11.6 Å². The Labute approximate surface area is 210 Å². The molecule has 30 heavy (non-hydrogen) atoms. The average Bonchev–Trinajstić information content (AvgIpc) is 2.60. The second-order valence-electron chi connectivity index (χ2n) is 5.98. The molecular weight excluding hydrogens is 429 g/mol. The summed E-state index contributed by atoms with van der Waals surface area (Å²) in [5, 5.41) is 21.4. The fourth-order valence-corrected chi connectivity index (χ4v) is 2.97. The van der Waals surface area contributed by atoms with Crippen LogP contribution in [0.15, 0.2) is 27.4 Å². The number of aromatic nitrogens is 1. The number of hydrogen-bond acceptors (Lipinski definition) is 7. The minimum Gasteiger partial charge on any atom is -0.543 e. The summed E-state index contributed by atoms with van der Waals surface area (Å²) in [5.74, 6) is -4.50. The number of carboxylic acid groups (broad SMARTS) is 2. The summed E-state index contributed by atoms with van der Waals surface area (Å²) in [6.45, 7) is 1.68. The number of benzene rings is 1. The van der Waals surface area contributed by atoms with Gasteiger partial charge in [-0.3, -0.25) is 4.79 Å². The smallest absolute Gasteiger partial charge is 0.543 e. The third-order valence-electron chi connectivity index (χ3n) is 4.11. The number of fused-ring (bicyclic) bond motifs is 2. The molecule has 2 heterocycles. The Kier molecular flexibility index (Phi) is 8.69. The number of pyridine rings is 1. The van der Waals surface area contributed by atoms with Gasteiger partial charge in [-0.15, -0.1) is 0 Å². The fourth-order valence-electron chi connectivity index (χ4n) is 2.97. The van der Waals surface area contributed by atoms with E-state index in [1.54, 1.807) is 6.92 Å². The molecule has 0 aliphatic heterocycles. The average molecular weight is 439 g/mol. The van der Waals surface area contributed by atoms with E-state index >= 15 is 0 Å². The normalized spacial score (nSPS) is 11.1. The number of carbonyl (C=O) groups is 2. The maximum absolute atomic E-state index is 13.5. The number of halogens is 3. The predicted molar refractivity (Wildman–Crippen MR) is 85.4 cm³/mol. The van der Waals surface area contributed by atoms with Crippen LogP contribution in [-0.2, 0) is 12.6 Å². The van der Waals surface area contributed by atoms with E-state index in [0.717, 1.165) is 6.07 Å². The molecule has 3 aromatic rings. The van der Waals surface area contributed by atoms with Crippen LogP contribution >= 0.6 is 0 Å². The minimum atomic E-state index is -4.94. The van der Waals surface area contributed by atoms with Crippen molar-refractivity contribution in [1.82, 2.24) is 4.98 Å². The van der Waals surface area contributed by atoms with Gasteiger partial charge < -0.3 is 24.2 Å². The number of hydrogen-bond donors (Lipinski definition) is 0. The number of aryl methyl sites for hydroxylation is 1. The Hall–Kier alpha value is -1.43. The Morgan fingerprint density at radius 1 is 1.07 bits per heavy atom. The summed E-state index contributed by atoms with van der Waals surface area (Å²) in [4.78, 5) is 38.2. The number of alkyl halides is 3. The van der Waals surface area contributed by atoms with Crippen molar-refractivity contribution in [1.29, 1.82) is 0 Å². The summed E-state index contributed by atoms with van der Waals surface area (Å²) in [6.07, 6.45) is -4.52. The number of rotatable bonds is 4. The van der Waals surface area contributed by atoms with Crippen LogP contribution in [-0.4, -0.2) is 16.9 Å². The maximum atomic E-state index is 13.5. The third-order valence-corrected chi connectivity index (χ3v) is 4.11. The van der Waals surface area contributed by atoms with Gasteiger partial charge in [-0.25, -0.2) is 4.98 Å². The van der Waals surface area contributed by atoms with Gasteiger partial charge in [-0.1, -0.05) is 13.3 Å². The van der Waals surface area contributed by atoms with Crippen LogP contribution in [0.25, 0.3) is 21.9 Å². The summed E-state index contributed by atoms with van der Waals surface area (Å²) < 4.78 is 45.7. The molecule has 2 aromatic heterocycles. The van der Waals surface area contributed by atoms with E-state index in [9.17, 15) is 37.8 Å². The first-order chi connectivity index (χ1) is 13.0. The Morgan fingerprint density at radius 3 is 2.20 bits per heavy atom. The molecule has 12 heteroatoms. The van der Waals surface area contributed by atoms with Crippen molar-refractivity contribution in [2.24, 2.45) is 0 Å². The molecular formula is C18H10F3NNa2O6. The SMILES string of the molecule is CCCc1c2nc(C(=O)[O-])cc(C(F)(F)F)c2cc2c(=O)cc(C(=O)[O-])oc12.[Na+].[Na+]. The minimum absolute atomic E-state index is 0. The van der Waals surface area contributed by atoms with Gasteiger partial charge >= 0.3 is 65.3 Å². The van der Waals surface area contributed by atoms with E-state index in [1.165, 1.54) is 0 Å². The molecule has 0 spiro atoms. The molecule has 146 valence electrons. The molecule has 0 fully saturated rings. The van der Waals surface area contributed by atoms with Gasteiger partial charge in [0.05, 0.1) is 28.1 Å². The number of aromatic carboxylic acids is 2. The summed E-state index contributed by atoms with van der Waals surface area (Å²) in [7, 11) is 0. The standard InChI is InChI=1S/C18H12F3NO6.2Na/c1-2-3-7-14-8(10(18(19,20)21)5-11(22-14)16(24)25)4-9-12(23)6-13(17(26)27)28-15(7)9;;/h4-6H,2-3H2,1H3,(H,24,25)(H,26,27);;/q;2*+1/p-2. The van der Waals surface area contributed by atoms with Gasteiger partial charge in [0.25, 0.3) is 0 Å². The van der Waals surface area contributed by atoms with Gasteiger partial charge in [0, 0.05) is 17.0 Å². The molecule has 1 aromatic carbocycles. The predicted octanol–water partition coefficient (Wildman–Crippen LogP) is -4.95. The molecule has 0 unspecified atom stereocenters. The molecule has 0 N–H and O–H groups in total. The van der Waals surface area contributed by atoms with Crippen LogP contribution in [0.4, 0.5) is 13.2 Å². The monoisotopic (exact) mass is 439 g/mol. The van der Waals surface area contributed by atoms with Crippen molar-refractivity contribution in [3.05, 3.63) is 51.0 Å². The van der Waals surface area contributed by atoms with E-state index < -0.39 is 45.9 Å². The van der Waals surface area contributed by atoms with E-state index in [1.807, 2.05) is 0 Å². The summed E-state index contributed by atoms with van der Waals surface area (Å²) in [5.41, 5.74) is -3.78. The zero-order valence-corrected chi connectivity index (χ0v) is 20.2. The van der Waals surface area contributed by atoms with Crippen molar-refractivity contribution < 1.29 is 96.5 Å². The molecule has 0 aliphatic rings. The van der Waals surface area contributed by atoms with E-state index in [4.69, 9.17) is 4.42 Å². The Bertz CT molecular complexity index is 1210. The van der Waals surface area contributed by atoms with Gasteiger partial charge in [-0.2, -0.15) is 13.2 Å². The quantitative estimate of drug-likeness (QED) is 0.295. The molecule has 0 bridgehead atoms. The zero-order valence-electron chi connectivity index (χ0n) is 16.2. The topological polar surface area (TPSA) is 123 Å². The molecule has 0 aliphatic carbocycles. The summed E-state index contributed by atoms with van der Waals surface area (Å²) >= 11 is 0. The van der Waals surface area contributed by atoms with Crippen molar-refractivity contribution in [2.45, 2.75) is 25.9 Å². The van der Waals surface area contributed by atoms with Crippen LogP contribution in [0.1, 0.15) is 45.5 Å². The molecule has 0 amide bonds. The first-order valence-corrected chi connectivity index (χ1v) is 7.99. The van der Waals surface area contributed by atoms with Gasteiger partial charge in [0.15, 0.2) is 11.2 Å². The van der Waals surface area contributed by atoms with Crippen molar-refractivity contribution in [2.75, 3.05) is 0 Å². The largest absolute Gasteiger partial charge is 1.00 e. The van der Waals surface area contributed by atoms with Crippen LogP contribution < -0.4 is 74.8 Å². The Morgan fingerprint density at radius 2 is 1.70 bits per heavy atom. The Balaban J connectivity index is 0.00000225. The molecule has 0 radical (unpaired) electrons. The second kappa shape index (κ2) is 9.80. The van der Waals surface area contributed by atoms with Crippen LogP contribution in [0.3, 0.4) is 0 Å².